The van der Waals surface area contributed by atoms with Gasteiger partial charge >= 0.3 is 0 Å². The second kappa shape index (κ2) is 5.77. The normalized spacial score (nSPS) is 10.2. The van der Waals surface area contributed by atoms with Crippen molar-refractivity contribution in [2.45, 2.75) is 25.5 Å². The van der Waals surface area contributed by atoms with Crippen molar-refractivity contribution >= 4 is 11.8 Å². The molecule has 78 valence electrons. The van der Waals surface area contributed by atoms with E-state index in [1.807, 2.05) is 0 Å². The monoisotopic (exact) mass is 213 g/mol. The second-order valence-electron chi connectivity index (χ2n) is 3.07. The fourth-order valence-corrected chi connectivity index (χ4v) is 1.78. The predicted molar refractivity (Wildman–Crippen MR) is 57.0 cm³/mol. The predicted octanol–water partition coefficient (Wildman–Crippen LogP) is 0.690. The third-order valence-corrected chi connectivity index (χ3v) is 2.43. The summed E-state index contributed by atoms with van der Waals surface area (Å²) in [6, 6.07) is 0. The first kappa shape index (κ1) is 11.2. The Labute approximate surface area is 87.7 Å². The molecule has 0 bridgehead atoms. The highest BCUT2D eigenvalue weighted by Gasteiger charge is 2.03. The van der Waals surface area contributed by atoms with Crippen LogP contribution in [-0.4, -0.2) is 32.5 Å². The van der Waals surface area contributed by atoms with Crippen LogP contribution in [0.4, 0.5) is 0 Å². The van der Waals surface area contributed by atoms with E-state index in [0.717, 1.165) is 10.9 Å². The molecule has 0 atom stereocenters. The molecule has 0 saturated heterocycles. The minimum absolute atomic E-state index is 0.557. The van der Waals surface area contributed by atoms with E-state index in [4.69, 9.17) is 5.73 Å². The van der Waals surface area contributed by atoms with Crippen molar-refractivity contribution in [1.29, 1.82) is 0 Å². The lowest BCUT2D eigenvalue weighted by molar-refractivity contribution is 0.557. The summed E-state index contributed by atoms with van der Waals surface area (Å²) in [5, 5.41) is 12.2. The zero-order valence-electron chi connectivity index (χ0n) is 8.47. The summed E-state index contributed by atoms with van der Waals surface area (Å²) in [6.07, 6.45) is 2.14. The van der Waals surface area contributed by atoms with Gasteiger partial charge < -0.3 is 5.73 Å². The number of hydrogen-bond donors (Lipinski definition) is 1. The van der Waals surface area contributed by atoms with Gasteiger partial charge in [-0.25, -0.2) is 4.68 Å². The van der Waals surface area contributed by atoms with Gasteiger partial charge in [0.25, 0.3) is 0 Å². The standard InChI is InChI=1S/C8H15N5S/c1-7(2)3-6-14-8-10-11-12-13(8)5-4-9/h3H,4-6,9H2,1-2H3. The number of thioether (sulfide) groups is 1. The Balaban J connectivity index is 2.49. The summed E-state index contributed by atoms with van der Waals surface area (Å²) in [6.45, 7) is 5.37. The van der Waals surface area contributed by atoms with Gasteiger partial charge in [0.05, 0.1) is 6.54 Å². The number of rotatable bonds is 5. The second-order valence-corrected chi connectivity index (χ2v) is 4.05. The summed E-state index contributed by atoms with van der Waals surface area (Å²) < 4.78 is 1.73. The van der Waals surface area contributed by atoms with Gasteiger partial charge in [-0.1, -0.05) is 23.4 Å². The minimum atomic E-state index is 0.557. The lowest BCUT2D eigenvalue weighted by Crippen LogP contribution is -2.12. The molecule has 0 aliphatic rings. The zero-order chi connectivity index (χ0) is 10.4. The Morgan fingerprint density at radius 1 is 1.57 bits per heavy atom. The van der Waals surface area contributed by atoms with Crippen LogP contribution >= 0.6 is 11.8 Å². The molecule has 1 rings (SSSR count). The first-order valence-electron chi connectivity index (χ1n) is 4.46. The van der Waals surface area contributed by atoms with Gasteiger partial charge in [-0.3, -0.25) is 0 Å². The van der Waals surface area contributed by atoms with E-state index in [1.165, 1.54) is 5.57 Å². The van der Waals surface area contributed by atoms with Gasteiger partial charge in [-0.15, -0.1) is 5.10 Å². The largest absolute Gasteiger partial charge is 0.329 e. The van der Waals surface area contributed by atoms with E-state index in [1.54, 1.807) is 16.4 Å². The van der Waals surface area contributed by atoms with Crippen LogP contribution in [0.2, 0.25) is 0 Å². The molecule has 1 aromatic heterocycles. The maximum Gasteiger partial charge on any atom is 0.209 e. The molecule has 0 aliphatic carbocycles. The Hall–Kier alpha value is -0.880. The number of allylic oxidation sites excluding steroid dienone is 1. The van der Waals surface area contributed by atoms with Gasteiger partial charge in [-0.05, 0) is 24.3 Å². The van der Waals surface area contributed by atoms with Gasteiger partial charge in [-0.2, -0.15) is 0 Å². The quantitative estimate of drug-likeness (QED) is 0.575. The van der Waals surface area contributed by atoms with Gasteiger partial charge in [0.2, 0.25) is 5.16 Å². The Kier molecular flexibility index (Phi) is 4.61. The van der Waals surface area contributed by atoms with Crippen molar-refractivity contribution in [1.82, 2.24) is 20.2 Å². The van der Waals surface area contributed by atoms with Gasteiger partial charge in [0.15, 0.2) is 0 Å². The van der Waals surface area contributed by atoms with E-state index >= 15 is 0 Å². The smallest absolute Gasteiger partial charge is 0.209 e. The molecule has 0 spiro atoms. The van der Waals surface area contributed by atoms with E-state index in [2.05, 4.69) is 35.4 Å². The van der Waals surface area contributed by atoms with Crippen LogP contribution in [0.25, 0.3) is 0 Å². The number of nitrogens with zero attached hydrogens (tertiary/aromatic N) is 4. The molecule has 1 heterocycles. The fourth-order valence-electron chi connectivity index (χ4n) is 0.845. The molecular weight excluding hydrogens is 198 g/mol. The highest BCUT2D eigenvalue weighted by atomic mass is 32.2. The van der Waals surface area contributed by atoms with Crippen molar-refractivity contribution in [2.75, 3.05) is 12.3 Å². The average molecular weight is 213 g/mol. The van der Waals surface area contributed by atoms with Crippen LogP contribution < -0.4 is 5.73 Å². The van der Waals surface area contributed by atoms with Gasteiger partial charge in [0.1, 0.15) is 0 Å². The molecule has 5 nitrogen and oxygen atoms in total. The number of aromatic nitrogens is 4. The Bertz CT molecular complexity index is 302. The van der Waals surface area contributed by atoms with Gasteiger partial charge in [0, 0.05) is 12.3 Å². The maximum absolute atomic E-state index is 5.43. The van der Waals surface area contributed by atoms with E-state index in [0.29, 0.717) is 13.1 Å². The molecule has 0 fully saturated rings. The lowest BCUT2D eigenvalue weighted by atomic mass is 10.3. The van der Waals surface area contributed by atoms with E-state index in [-0.39, 0.29) is 0 Å². The molecule has 0 aliphatic heterocycles. The number of tetrazole rings is 1. The van der Waals surface area contributed by atoms with Crippen LogP contribution in [0.15, 0.2) is 16.8 Å². The first-order valence-corrected chi connectivity index (χ1v) is 5.45. The molecule has 0 aromatic carbocycles. The summed E-state index contributed by atoms with van der Waals surface area (Å²) in [4.78, 5) is 0. The fraction of sp³-hybridized carbons (Fsp3) is 0.625. The molecular formula is C8H15N5S. The number of hydrogen-bond acceptors (Lipinski definition) is 5. The molecule has 2 N–H and O–H groups in total. The SMILES string of the molecule is CC(C)=CCSc1nnnn1CCN. The third kappa shape index (κ3) is 3.47. The Morgan fingerprint density at radius 2 is 2.36 bits per heavy atom. The van der Waals surface area contributed by atoms with E-state index in [9.17, 15) is 0 Å². The van der Waals surface area contributed by atoms with Crippen LogP contribution in [0, 0.1) is 0 Å². The highest BCUT2D eigenvalue weighted by molar-refractivity contribution is 7.99. The summed E-state index contributed by atoms with van der Waals surface area (Å²) in [5.41, 5.74) is 6.73. The molecule has 6 heteroatoms. The van der Waals surface area contributed by atoms with Crippen LogP contribution in [0.3, 0.4) is 0 Å². The van der Waals surface area contributed by atoms with Crippen molar-refractivity contribution in [2.24, 2.45) is 5.73 Å². The zero-order valence-corrected chi connectivity index (χ0v) is 9.29. The first-order chi connectivity index (χ1) is 6.74. The molecule has 14 heavy (non-hydrogen) atoms. The lowest BCUT2D eigenvalue weighted by Gasteiger charge is -1.99. The van der Waals surface area contributed by atoms with Crippen molar-refractivity contribution < 1.29 is 0 Å². The van der Waals surface area contributed by atoms with Crippen molar-refractivity contribution in [3.63, 3.8) is 0 Å². The molecule has 0 amide bonds. The average Bonchev–Trinajstić information content (AvgIpc) is 2.53. The van der Waals surface area contributed by atoms with Crippen molar-refractivity contribution in [3.8, 4) is 0 Å². The molecule has 1 aromatic rings. The number of nitrogens with two attached hydrogens (primary N) is 1. The summed E-state index contributed by atoms with van der Waals surface area (Å²) in [5.74, 6) is 0.896. The van der Waals surface area contributed by atoms with Crippen molar-refractivity contribution in [3.05, 3.63) is 11.6 Å². The minimum Gasteiger partial charge on any atom is -0.329 e. The third-order valence-electron chi connectivity index (χ3n) is 1.54. The molecule has 0 saturated carbocycles. The van der Waals surface area contributed by atoms with Crippen LogP contribution in [0.1, 0.15) is 13.8 Å². The van der Waals surface area contributed by atoms with E-state index < -0.39 is 0 Å². The molecule has 0 radical (unpaired) electrons. The highest BCUT2D eigenvalue weighted by Crippen LogP contribution is 2.13. The topological polar surface area (TPSA) is 69.6 Å². The van der Waals surface area contributed by atoms with Crippen LogP contribution in [-0.2, 0) is 6.54 Å². The van der Waals surface area contributed by atoms with Crippen LogP contribution in [0.5, 0.6) is 0 Å². The maximum atomic E-state index is 5.43. The summed E-state index contributed by atoms with van der Waals surface area (Å²) in [7, 11) is 0. The molecule has 0 unspecified atom stereocenters. The Morgan fingerprint density at radius 3 is 3.00 bits per heavy atom. The summed E-state index contributed by atoms with van der Waals surface area (Å²) >= 11 is 1.62.